The third-order valence-electron chi connectivity index (χ3n) is 5.30. The van der Waals surface area contributed by atoms with Crippen molar-refractivity contribution in [3.8, 4) is 11.4 Å². The van der Waals surface area contributed by atoms with Gasteiger partial charge in [0.25, 0.3) is 0 Å². The summed E-state index contributed by atoms with van der Waals surface area (Å²) in [5.41, 5.74) is 1.26. The van der Waals surface area contributed by atoms with Gasteiger partial charge in [0.15, 0.2) is 0 Å². The molecular weight excluding hydrogens is 390 g/mol. The summed E-state index contributed by atoms with van der Waals surface area (Å²) in [6.45, 7) is 2.37. The van der Waals surface area contributed by atoms with Crippen LogP contribution < -0.4 is 0 Å². The Hall–Kier alpha value is -2.55. The van der Waals surface area contributed by atoms with Gasteiger partial charge in [0.1, 0.15) is 0 Å². The van der Waals surface area contributed by atoms with Crippen LogP contribution in [0.1, 0.15) is 40.1 Å². The Morgan fingerprint density at radius 2 is 2.07 bits per heavy atom. The fraction of sp³-hybridized carbons (Fsp3) is 0.381. The standard InChI is InChI=1S/C21H23N3O4S/c1-27-21(26)16-6-4-15(5-7-16)20-22-18(28-23-20)13-24-10-8-14(9-11-24)19(25)17-3-2-12-29-17/h2-7,12,14,19,25H,8-11,13H2,1H3/t19-/m0/s1. The summed E-state index contributed by atoms with van der Waals surface area (Å²) in [7, 11) is 1.35. The molecule has 0 amide bonds. The van der Waals surface area contributed by atoms with Crippen molar-refractivity contribution in [2.75, 3.05) is 20.2 Å². The number of hydrogen-bond acceptors (Lipinski definition) is 8. The van der Waals surface area contributed by atoms with Crippen molar-refractivity contribution in [2.45, 2.75) is 25.5 Å². The first kappa shape index (κ1) is 19.8. The molecule has 1 aliphatic heterocycles. The molecule has 1 aromatic carbocycles. The molecule has 0 bridgehead atoms. The SMILES string of the molecule is COC(=O)c1ccc(-c2noc(CN3CCC([C@H](O)c4cccs4)CC3)n2)cc1. The number of nitrogens with zero attached hydrogens (tertiary/aromatic N) is 3. The highest BCUT2D eigenvalue weighted by Crippen LogP contribution is 2.33. The maximum absolute atomic E-state index is 11.5. The van der Waals surface area contributed by atoms with Crippen LogP contribution in [0, 0.1) is 5.92 Å². The predicted molar refractivity (Wildman–Crippen MR) is 108 cm³/mol. The van der Waals surface area contributed by atoms with E-state index in [1.54, 1.807) is 35.6 Å². The molecule has 1 atom stereocenters. The van der Waals surface area contributed by atoms with E-state index in [0.717, 1.165) is 36.4 Å². The molecule has 3 aromatic rings. The first-order valence-corrected chi connectivity index (χ1v) is 10.5. The lowest BCUT2D eigenvalue weighted by atomic mass is 9.90. The molecule has 8 heteroatoms. The zero-order valence-electron chi connectivity index (χ0n) is 16.2. The van der Waals surface area contributed by atoms with Gasteiger partial charge in [-0.1, -0.05) is 23.4 Å². The molecule has 0 unspecified atom stereocenters. The molecule has 152 valence electrons. The van der Waals surface area contributed by atoms with Crippen LogP contribution in [0.15, 0.2) is 46.3 Å². The zero-order valence-corrected chi connectivity index (χ0v) is 17.0. The van der Waals surface area contributed by atoms with Crippen molar-refractivity contribution in [2.24, 2.45) is 5.92 Å². The number of rotatable bonds is 6. The molecule has 0 saturated carbocycles. The molecule has 1 fully saturated rings. The predicted octanol–water partition coefficient (Wildman–Crippen LogP) is 3.53. The Morgan fingerprint density at radius 1 is 1.31 bits per heavy atom. The minimum Gasteiger partial charge on any atom is -0.465 e. The van der Waals surface area contributed by atoms with E-state index in [0.29, 0.717) is 23.8 Å². The Kier molecular flexibility index (Phi) is 6.03. The molecule has 29 heavy (non-hydrogen) atoms. The van der Waals surface area contributed by atoms with E-state index in [1.165, 1.54) is 7.11 Å². The van der Waals surface area contributed by atoms with Crippen LogP contribution in [0.2, 0.25) is 0 Å². The number of aliphatic hydroxyl groups excluding tert-OH is 1. The van der Waals surface area contributed by atoms with E-state index in [2.05, 4.69) is 15.0 Å². The van der Waals surface area contributed by atoms with Gasteiger partial charge >= 0.3 is 5.97 Å². The number of thiophene rings is 1. The van der Waals surface area contributed by atoms with Gasteiger partial charge in [-0.05, 0) is 55.4 Å². The molecule has 3 heterocycles. The van der Waals surface area contributed by atoms with Crippen LogP contribution in [-0.4, -0.2) is 46.3 Å². The van der Waals surface area contributed by atoms with Crippen LogP contribution in [-0.2, 0) is 11.3 Å². The second-order valence-electron chi connectivity index (χ2n) is 7.15. The third-order valence-corrected chi connectivity index (χ3v) is 6.25. The highest BCUT2D eigenvalue weighted by Gasteiger charge is 2.27. The maximum Gasteiger partial charge on any atom is 0.337 e. The van der Waals surface area contributed by atoms with Crippen molar-refractivity contribution in [3.63, 3.8) is 0 Å². The Morgan fingerprint density at radius 3 is 2.72 bits per heavy atom. The topological polar surface area (TPSA) is 88.7 Å². The number of aromatic nitrogens is 2. The normalized spacial score (nSPS) is 16.6. The minimum atomic E-state index is -0.377. The summed E-state index contributed by atoms with van der Waals surface area (Å²) < 4.78 is 10.1. The van der Waals surface area contributed by atoms with E-state index in [-0.39, 0.29) is 18.0 Å². The lowest BCUT2D eigenvalue weighted by molar-refractivity contribution is 0.0559. The molecular formula is C21H23N3O4S. The smallest absolute Gasteiger partial charge is 0.337 e. The lowest BCUT2D eigenvalue weighted by Gasteiger charge is -2.33. The molecule has 1 saturated heterocycles. The Balaban J connectivity index is 1.32. The number of ether oxygens (including phenoxy) is 1. The van der Waals surface area contributed by atoms with Crippen LogP contribution in [0.4, 0.5) is 0 Å². The molecule has 2 aromatic heterocycles. The van der Waals surface area contributed by atoms with Crippen LogP contribution in [0.25, 0.3) is 11.4 Å². The minimum absolute atomic E-state index is 0.288. The van der Waals surface area contributed by atoms with Gasteiger partial charge in [0, 0.05) is 10.4 Å². The summed E-state index contributed by atoms with van der Waals surface area (Å²) >= 11 is 1.61. The van der Waals surface area contributed by atoms with E-state index >= 15 is 0 Å². The first-order chi connectivity index (χ1) is 14.1. The average Bonchev–Trinajstić information content (AvgIpc) is 3.46. The Labute approximate surface area is 172 Å². The Bertz CT molecular complexity index is 931. The van der Waals surface area contributed by atoms with Crippen molar-refractivity contribution in [3.05, 3.63) is 58.1 Å². The summed E-state index contributed by atoms with van der Waals surface area (Å²) in [6, 6.07) is 10.9. The largest absolute Gasteiger partial charge is 0.465 e. The van der Waals surface area contributed by atoms with E-state index < -0.39 is 0 Å². The highest BCUT2D eigenvalue weighted by molar-refractivity contribution is 7.10. The molecule has 1 aliphatic rings. The summed E-state index contributed by atoms with van der Waals surface area (Å²) in [4.78, 5) is 19.3. The van der Waals surface area contributed by atoms with Gasteiger partial charge in [-0.25, -0.2) is 4.79 Å². The first-order valence-electron chi connectivity index (χ1n) is 9.59. The fourth-order valence-electron chi connectivity index (χ4n) is 3.62. The van der Waals surface area contributed by atoms with E-state index in [4.69, 9.17) is 9.26 Å². The number of hydrogen-bond donors (Lipinski definition) is 1. The molecule has 0 radical (unpaired) electrons. The number of benzene rings is 1. The number of piperidine rings is 1. The van der Waals surface area contributed by atoms with E-state index in [1.807, 2.05) is 17.5 Å². The summed E-state index contributed by atoms with van der Waals surface area (Å²) in [6.07, 6.45) is 1.50. The number of likely N-dealkylation sites (tertiary alicyclic amines) is 1. The molecule has 1 N–H and O–H groups in total. The number of carbonyl (C=O) groups excluding carboxylic acids is 1. The van der Waals surface area contributed by atoms with E-state index in [9.17, 15) is 9.90 Å². The van der Waals surface area contributed by atoms with Crippen LogP contribution in [0.3, 0.4) is 0 Å². The van der Waals surface area contributed by atoms with Gasteiger partial charge in [-0.3, -0.25) is 4.90 Å². The molecule has 0 spiro atoms. The number of carbonyl (C=O) groups is 1. The van der Waals surface area contributed by atoms with Gasteiger partial charge in [0.05, 0.1) is 25.3 Å². The van der Waals surface area contributed by atoms with Crippen LogP contribution in [0.5, 0.6) is 0 Å². The quantitative estimate of drug-likeness (QED) is 0.619. The zero-order chi connectivity index (χ0) is 20.2. The van der Waals surface area contributed by atoms with Crippen molar-refractivity contribution < 1.29 is 19.2 Å². The second-order valence-corrected chi connectivity index (χ2v) is 8.13. The average molecular weight is 413 g/mol. The summed E-state index contributed by atoms with van der Waals surface area (Å²) in [5.74, 6) is 0.975. The van der Waals surface area contributed by atoms with Gasteiger partial charge in [0.2, 0.25) is 11.7 Å². The van der Waals surface area contributed by atoms with Gasteiger partial charge in [-0.2, -0.15) is 4.98 Å². The number of esters is 1. The monoisotopic (exact) mass is 413 g/mol. The lowest BCUT2D eigenvalue weighted by Crippen LogP contribution is -2.35. The van der Waals surface area contributed by atoms with Gasteiger partial charge in [-0.15, -0.1) is 11.3 Å². The number of methoxy groups -OCH3 is 1. The van der Waals surface area contributed by atoms with Crippen molar-refractivity contribution in [1.29, 1.82) is 0 Å². The molecule has 4 rings (SSSR count). The van der Waals surface area contributed by atoms with Crippen molar-refractivity contribution in [1.82, 2.24) is 15.0 Å². The third kappa shape index (κ3) is 4.55. The van der Waals surface area contributed by atoms with Crippen molar-refractivity contribution >= 4 is 17.3 Å². The fourth-order valence-corrected chi connectivity index (χ4v) is 4.42. The van der Waals surface area contributed by atoms with Crippen LogP contribution >= 0.6 is 11.3 Å². The number of aliphatic hydroxyl groups is 1. The molecule has 7 nitrogen and oxygen atoms in total. The summed E-state index contributed by atoms with van der Waals surface area (Å²) in [5, 5.41) is 16.6. The van der Waals surface area contributed by atoms with Gasteiger partial charge < -0.3 is 14.4 Å². The second kappa shape index (κ2) is 8.86. The highest BCUT2D eigenvalue weighted by atomic mass is 32.1. The maximum atomic E-state index is 11.5. The molecule has 0 aliphatic carbocycles.